The highest BCUT2D eigenvalue weighted by molar-refractivity contribution is 7.88. The van der Waals surface area contributed by atoms with Crippen molar-refractivity contribution in [3.63, 3.8) is 0 Å². The molecule has 1 aliphatic rings. The summed E-state index contributed by atoms with van der Waals surface area (Å²) >= 11 is 0. The number of sulfonamides is 1. The lowest BCUT2D eigenvalue weighted by Crippen LogP contribution is -2.51. The lowest BCUT2D eigenvalue weighted by molar-refractivity contribution is -0.138. The molecule has 1 rings (SSSR count). The SMILES string of the molecule is CCNCC(C)C(=O)N1CCCCC1CNS(C)(=O)=O. The molecule has 2 atom stereocenters. The highest BCUT2D eigenvalue weighted by Crippen LogP contribution is 2.19. The van der Waals surface area contributed by atoms with Crippen molar-refractivity contribution in [1.82, 2.24) is 14.9 Å². The lowest BCUT2D eigenvalue weighted by Gasteiger charge is -2.37. The monoisotopic (exact) mass is 305 g/mol. The average molecular weight is 305 g/mol. The molecular weight excluding hydrogens is 278 g/mol. The molecule has 0 bridgehead atoms. The number of hydrogen-bond donors (Lipinski definition) is 2. The van der Waals surface area contributed by atoms with Crippen LogP contribution in [0.1, 0.15) is 33.1 Å². The minimum absolute atomic E-state index is 0.0185. The van der Waals surface area contributed by atoms with Gasteiger partial charge < -0.3 is 10.2 Å². The van der Waals surface area contributed by atoms with Gasteiger partial charge in [0, 0.05) is 31.6 Å². The van der Waals surface area contributed by atoms with Gasteiger partial charge >= 0.3 is 0 Å². The number of nitrogens with one attached hydrogen (secondary N) is 2. The summed E-state index contributed by atoms with van der Waals surface area (Å²) in [4.78, 5) is 14.3. The van der Waals surface area contributed by atoms with E-state index in [0.29, 0.717) is 13.1 Å². The van der Waals surface area contributed by atoms with Crippen LogP contribution < -0.4 is 10.0 Å². The van der Waals surface area contributed by atoms with E-state index in [9.17, 15) is 13.2 Å². The topological polar surface area (TPSA) is 78.5 Å². The standard InChI is InChI=1S/C13H27N3O3S/c1-4-14-9-11(2)13(17)16-8-6-5-7-12(16)10-15-20(3,18)19/h11-12,14-15H,4-10H2,1-3H3. The van der Waals surface area contributed by atoms with Gasteiger partial charge in [0.25, 0.3) is 0 Å². The van der Waals surface area contributed by atoms with Crippen LogP contribution in [0.2, 0.25) is 0 Å². The number of carbonyl (C=O) groups is 1. The number of piperidine rings is 1. The zero-order chi connectivity index (χ0) is 15.2. The van der Waals surface area contributed by atoms with Crippen LogP contribution in [-0.2, 0) is 14.8 Å². The molecule has 2 unspecified atom stereocenters. The largest absolute Gasteiger partial charge is 0.338 e. The van der Waals surface area contributed by atoms with Gasteiger partial charge in [-0.3, -0.25) is 4.79 Å². The summed E-state index contributed by atoms with van der Waals surface area (Å²) in [6.45, 7) is 6.48. The van der Waals surface area contributed by atoms with Crippen molar-refractivity contribution in [3.8, 4) is 0 Å². The van der Waals surface area contributed by atoms with Crippen LogP contribution in [0.4, 0.5) is 0 Å². The van der Waals surface area contributed by atoms with Gasteiger partial charge in [0.05, 0.1) is 6.26 Å². The highest BCUT2D eigenvalue weighted by Gasteiger charge is 2.29. The number of hydrogen-bond acceptors (Lipinski definition) is 4. The predicted molar refractivity (Wildman–Crippen MR) is 79.9 cm³/mol. The molecule has 0 aliphatic carbocycles. The maximum absolute atomic E-state index is 12.4. The molecule has 1 fully saturated rings. The van der Waals surface area contributed by atoms with Crippen molar-refractivity contribution < 1.29 is 13.2 Å². The molecule has 1 saturated heterocycles. The second kappa shape index (κ2) is 7.95. The molecule has 0 spiro atoms. The summed E-state index contributed by atoms with van der Waals surface area (Å²) in [6, 6.07) is -0.0185. The van der Waals surface area contributed by atoms with Crippen LogP contribution >= 0.6 is 0 Å². The number of nitrogens with zero attached hydrogens (tertiary/aromatic N) is 1. The van der Waals surface area contributed by atoms with Gasteiger partial charge in [-0.2, -0.15) is 0 Å². The molecule has 6 nitrogen and oxygen atoms in total. The first kappa shape index (κ1) is 17.4. The minimum atomic E-state index is -3.21. The van der Waals surface area contributed by atoms with Crippen molar-refractivity contribution in [3.05, 3.63) is 0 Å². The first-order chi connectivity index (χ1) is 9.35. The molecule has 1 heterocycles. The molecule has 0 aromatic carbocycles. The van der Waals surface area contributed by atoms with Gasteiger partial charge in [-0.15, -0.1) is 0 Å². The zero-order valence-electron chi connectivity index (χ0n) is 12.7. The number of carbonyl (C=O) groups excluding carboxylic acids is 1. The fourth-order valence-corrected chi connectivity index (χ4v) is 2.98. The Hall–Kier alpha value is -0.660. The molecule has 7 heteroatoms. The average Bonchev–Trinajstić information content (AvgIpc) is 2.41. The predicted octanol–water partition coefficient (Wildman–Crippen LogP) is 0.162. The van der Waals surface area contributed by atoms with E-state index in [4.69, 9.17) is 0 Å². The second-order valence-electron chi connectivity index (χ2n) is 5.51. The van der Waals surface area contributed by atoms with E-state index in [1.54, 1.807) is 0 Å². The molecular formula is C13H27N3O3S. The summed E-state index contributed by atoms with van der Waals surface area (Å²) < 4.78 is 24.9. The van der Waals surface area contributed by atoms with Gasteiger partial charge in [-0.25, -0.2) is 13.1 Å². The number of rotatable bonds is 7. The molecule has 1 amide bonds. The summed E-state index contributed by atoms with van der Waals surface area (Å²) in [6.07, 6.45) is 4.05. The fraction of sp³-hybridized carbons (Fsp3) is 0.923. The van der Waals surface area contributed by atoms with Gasteiger partial charge in [-0.1, -0.05) is 13.8 Å². The highest BCUT2D eigenvalue weighted by atomic mass is 32.2. The summed E-state index contributed by atoms with van der Waals surface area (Å²) in [5.41, 5.74) is 0. The van der Waals surface area contributed by atoms with Crippen molar-refractivity contribution in [2.75, 3.05) is 32.4 Å². The van der Waals surface area contributed by atoms with E-state index >= 15 is 0 Å². The third-order valence-corrected chi connectivity index (χ3v) is 4.30. The number of amides is 1. The van der Waals surface area contributed by atoms with E-state index in [-0.39, 0.29) is 17.9 Å². The Morgan fingerprint density at radius 2 is 2.10 bits per heavy atom. The fourth-order valence-electron chi connectivity index (χ4n) is 2.48. The molecule has 0 radical (unpaired) electrons. The molecule has 20 heavy (non-hydrogen) atoms. The maximum Gasteiger partial charge on any atom is 0.226 e. The third kappa shape index (κ3) is 5.76. The van der Waals surface area contributed by atoms with Gasteiger partial charge in [-0.05, 0) is 25.8 Å². The van der Waals surface area contributed by atoms with Gasteiger partial charge in [0.2, 0.25) is 15.9 Å². The molecule has 0 aromatic rings. The lowest BCUT2D eigenvalue weighted by atomic mass is 9.99. The van der Waals surface area contributed by atoms with Crippen LogP contribution in [-0.4, -0.2) is 57.7 Å². The Labute approximate surface area is 122 Å². The third-order valence-electron chi connectivity index (χ3n) is 3.61. The molecule has 0 saturated carbocycles. The molecule has 2 N–H and O–H groups in total. The maximum atomic E-state index is 12.4. The van der Waals surface area contributed by atoms with E-state index in [1.807, 2.05) is 18.7 Å². The van der Waals surface area contributed by atoms with Crippen LogP contribution in [0.15, 0.2) is 0 Å². The van der Waals surface area contributed by atoms with Crippen molar-refractivity contribution in [2.45, 2.75) is 39.2 Å². The van der Waals surface area contributed by atoms with Crippen LogP contribution in [0.25, 0.3) is 0 Å². The quantitative estimate of drug-likeness (QED) is 0.702. The normalized spacial score (nSPS) is 21.8. The van der Waals surface area contributed by atoms with Gasteiger partial charge in [0.1, 0.15) is 0 Å². The van der Waals surface area contributed by atoms with Crippen molar-refractivity contribution >= 4 is 15.9 Å². The molecule has 118 valence electrons. The Bertz CT molecular complexity index is 411. The number of likely N-dealkylation sites (tertiary alicyclic amines) is 1. The first-order valence-corrected chi connectivity index (χ1v) is 9.20. The minimum Gasteiger partial charge on any atom is -0.338 e. The molecule has 1 aliphatic heterocycles. The van der Waals surface area contributed by atoms with E-state index in [2.05, 4.69) is 10.0 Å². The van der Waals surface area contributed by atoms with Crippen molar-refractivity contribution in [1.29, 1.82) is 0 Å². The smallest absolute Gasteiger partial charge is 0.226 e. The summed E-state index contributed by atoms with van der Waals surface area (Å²) in [5, 5.41) is 3.18. The van der Waals surface area contributed by atoms with E-state index < -0.39 is 10.0 Å². The Balaban J connectivity index is 2.61. The van der Waals surface area contributed by atoms with Crippen LogP contribution in [0.3, 0.4) is 0 Å². The van der Waals surface area contributed by atoms with Crippen LogP contribution in [0, 0.1) is 5.92 Å². The Kier molecular flexibility index (Phi) is 6.91. The van der Waals surface area contributed by atoms with E-state index in [1.165, 1.54) is 0 Å². The summed E-state index contributed by atoms with van der Waals surface area (Å²) in [7, 11) is -3.21. The summed E-state index contributed by atoms with van der Waals surface area (Å²) in [5.74, 6) is 0.0414. The molecule has 0 aromatic heterocycles. The first-order valence-electron chi connectivity index (χ1n) is 7.31. The van der Waals surface area contributed by atoms with Crippen LogP contribution in [0.5, 0.6) is 0 Å². The van der Waals surface area contributed by atoms with E-state index in [0.717, 1.165) is 38.6 Å². The Morgan fingerprint density at radius 1 is 1.40 bits per heavy atom. The second-order valence-corrected chi connectivity index (χ2v) is 7.34. The zero-order valence-corrected chi connectivity index (χ0v) is 13.5. The Morgan fingerprint density at radius 3 is 2.70 bits per heavy atom. The van der Waals surface area contributed by atoms with Gasteiger partial charge in [0.15, 0.2) is 0 Å². The van der Waals surface area contributed by atoms with Crippen molar-refractivity contribution in [2.24, 2.45) is 5.92 Å².